The Morgan fingerprint density at radius 3 is 2.79 bits per heavy atom. The van der Waals surface area contributed by atoms with E-state index in [4.69, 9.17) is 0 Å². The minimum absolute atomic E-state index is 0.0381. The van der Waals surface area contributed by atoms with Gasteiger partial charge < -0.3 is 10.6 Å². The molecule has 0 aliphatic heterocycles. The van der Waals surface area contributed by atoms with Crippen LogP contribution in [0.15, 0.2) is 24.3 Å². The van der Waals surface area contributed by atoms with Crippen LogP contribution in [-0.4, -0.2) is 25.0 Å². The van der Waals surface area contributed by atoms with E-state index in [2.05, 4.69) is 10.6 Å². The predicted octanol–water partition coefficient (Wildman–Crippen LogP) is 2.19. The van der Waals surface area contributed by atoms with Crippen LogP contribution in [0.1, 0.15) is 37.7 Å². The summed E-state index contributed by atoms with van der Waals surface area (Å²) in [7, 11) is 0. The van der Waals surface area contributed by atoms with E-state index in [1.54, 1.807) is 6.07 Å². The second kappa shape index (κ2) is 6.66. The molecule has 0 spiro atoms. The van der Waals surface area contributed by atoms with Gasteiger partial charge in [-0.25, -0.2) is 4.39 Å². The van der Waals surface area contributed by atoms with Crippen molar-refractivity contribution in [3.05, 3.63) is 35.6 Å². The minimum atomic E-state index is -0.119. The van der Waals surface area contributed by atoms with Crippen LogP contribution in [0.4, 0.5) is 4.39 Å². The molecule has 0 saturated heterocycles. The Hall–Kier alpha value is -1.42. The molecule has 19 heavy (non-hydrogen) atoms. The molecule has 4 heteroatoms. The average Bonchev–Trinajstić information content (AvgIpc) is 2.36. The van der Waals surface area contributed by atoms with Crippen LogP contribution in [-0.2, 0) is 4.79 Å². The largest absolute Gasteiger partial charge is 0.355 e. The van der Waals surface area contributed by atoms with Gasteiger partial charge in [0.05, 0.1) is 6.54 Å². The van der Waals surface area contributed by atoms with E-state index in [0.29, 0.717) is 12.6 Å². The van der Waals surface area contributed by atoms with Crippen LogP contribution in [0.2, 0.25) is 0 Å². The van der Waals surface area contributed by atoms with Gasteiger partial charge in [0.1, 0.15) is 5.82 Å². The number of amides is 1. The quantitative estimate of drug-likeness (QED) is 0.827. The van der Waals surface area contributed by atoms with Crippen molar-refractivity contribution in [3.63, 3.8) is 0 Å². The van der Waals surface area contributed by atoms with Crippen LogP contribution in [0, 0.1) is 5.82 Å². The Morgan fingerprint density at radius 1 is 1.37 bits per heavy atom. The number of carbonyl (C=O) groups excluding carboxylic acids is 1. The second-order valence-electron chi connectivity index (χ2n) is 5.12. The molecule has 0 bridgehead atoms. The molecule has 0 heterocycles. The summed E-state index contributed by atoms with van der Waals surface area (Å²) >= 11 is 0. The smallest absolute Gasteiger partial charge is 0.233 e. The number of hydrogen-bond acceptors (Lipinski definition) is 2. The van der Waals surface area contributed by atoms with Gasteiger partial charge in [-0.1, -0.05) is 25.1 Å². The molecule has 0 radical (unpaired) electrons. The third-order valence-corrected chi connectivity index (χ3v) is 3.61. The summed E-state index contributed by atoms with van der Waals surface area (Å²) in [5.74, 6) is 0.209. The average molecular weight is 264 g/mol. The fourth-order valence-corrected chi connectivity index (χ4v) is 2.41. The first-order chi connectivity index (χ1) is 9.20. The molecule has 2 rings (SSSR count). The summed E-state index contributed by atoms with van der Waals surface area (Å²) in [6.45, 7) is 3.11. The van der Waals surface area contributed by atoms with Crippen LogP contribution < -0.4 is 10.6 Å². The van der Waals surface area contributed by atoms with Crippen molar-refractivity contribution in [2.45, 2.75) is 38.1 Å². The monoisotopic (exact) mass is 264 g/mol. The Balaban J connectivity index is 1.69. The standard InChI is InChI=1S/C15H21FN2O/c1-2-7-17-15(19)10-18-12-8-11(9-12)13-5-3-4-6-14(13)16/h3-6,11-12,18H,2,7-10H2,1H3,(H,17,19). The molecule has 0 atom stereocenters. The first-order valence-electron chi connectivity index (χ1n) is 6.95. The minimum Gasteiger partial charge on any atom is -0.355 e. The summed E-state index contributed by atoms with van der Waals surface area (Å²) in [6, 6.07) is 7.28. The lowest BCUT2D eigenvalue weighted by Crippen LogP contribution is -2.45. The zero-order valence-corrected chi connectivity index (χ0v) is 11.3. The molecule has 104 valence electrons. The fourth-order valence-electron chi connectivity index (χ4n) is 2.41. The van der Waals surface area contributed by atoms with Gasteiger partial charge in [0.15, 0.2) is 0 Å². The highest BCUT2D eigenvalue weighted by Crippen LogP contribution is 2.37. The molecular weight excluding hydrogens is 243 g/mol. The first-order valence-corrected chi connectivity index (χ1v) is 6.95. The van der Waals surface area contributed by atoms with E-state index in [1.807, 2.05) is 19.1 Å². The summed E-state index contributed by atoms with van der Waals surface area (Å²) in [6.07, 6.45) is 2.76. The zero-order chi connectivity index (χ0) is 13.7. The number of nitrogens with one attached hydrogen (secondary N) is 2. The van der Waals surface area contributed by atoms with E-state index in [1.165, 1.54) is 6.07 Å². The van der Waals surface area contributed by atoms with Gasteiger partial charge in [0, 0.05) is 12.6 Å². The number of rotatable bonds is 6. The highest BCUT2D eigenvalue weighted by molar-refractivity contribution is 5.77. The lowest BCUT2D eigenvalue weighted by atomic mass is 9.75. The lowest BCUT2D eigenvalue weighted by Gasteiger charge is -2.36. The van der Waals surface area contributed by atoms with Crippen molar-refractivity contribution >= 4 is 5.91 Å². The van der Waals surface area contributed by atoms with Crippen LogP contribution in [0.5, 0.6) is 0 Å². The highest BCUT2D eigenvalue weighted by Gasteiger charge is 2.31. The van der Waals surface area contributed by atoms with E-state index in [9.17, 15) is 9.18 Å². The topological polar surface area (TPSA) is 41.1 Å². The molecule has 3 nitrogen and oxygen atoms in total. The summed E-state index contributed by atoms with van der Waals surface area (Å²) < 4.78 is 13.6. The Kier molecular flexibility index (Phi) is 4.91. The number of halogens is 1. The maximum Gasteiger partial charge on any atom is 0.233 e. The lowest BCUT2D eigenvalue weighted by molar-refractivity contribution is -0.120. The van der Waals surface area contributed by atoms with E-state index in [0.717, 1.165) is 31.4 Å². The summed E-state index contributed by atoms with van der Waals surface area (Å²) in [5, 5.41) is 6.04. The van der Waals surface area contributed by atoms with Gasteiger partial charge in [-0.2, -0.15) is 0 Å². The number of carbonyl (C=O) groups is 1. The third-order valence-electron chi connectivity index (χ3n) is 3.61. The molecule has 1 aromatic carbocycles. The van der Waals surface area contributed by atoms with Crippen molar-refractivity contribution in [1.82, 2.24) is 10.6 Å². The SMILES string of the molecule is CCCNC(=O)CNC1CC(c2ccccc2F)C1. The summed E-state index contributed by atoms with van der Waals surface area (Å²) in [5.41, 5.74) is 0.802. The third kappa shape index (κ3) is 3.77. The normalized spacial score (nSPS) is 21.8. The molecule has 2 N–H and O–H groups in total. The number of hydrogen-bond donors (Lipinski definition) is 2. The van der Waals surface area contributed by atoms with Crippen LogP contribution >= 0.6 is 0 Å². The number of benzene rings is 1. The molecular formula is C15H21FN2O. The summed E-state index contributed by atoms with van der Waals surface area (Å²) in [4.78, 5) is 11.4. The first kappa shape index (κ1) is 14.0. The van der Waals surface area contributed by atoms with Crippen LogP contribution in [0.25, 0.3) is 0 Å². The second-order valence-corrected chi connectivity index (χ2v) is 5.12. The Morgan fingerprint density at radius 2 is 2.11 bits per heavy atom. The molecule has 1 aliphatic rings. The molecule has 1 saturated carbocycles. The predicted molar refractivity (Wildman–Crippen MR) is 73.5 cm³/mol. The van der Waals surface area contributed by atoms with E-state index in [-0.39, 0.29) is 17.6 Å². The maximum atomic E-state index is 13.6. The van der Waals surface area contributed by atoms with Gasteiger partial charge in [0.25, 0.3) is 0 Å². The Labute approximate surface area is 113 Å². The molecule has 1 fully saturated rings. The van der Waals surface area contributed by atoms with Crippen molar-refractivity contribution in [1.29, 1.82) is 0 Å². The van der Waals surface area contributed by atoms with Crippen molar-refractivity contribution in [2.24, 2.45) is 0 Å². The van der Waals surface area contributed by atoms with Gasteiger partial charge >= 0.3 is 0 Å². The van der Waals surface area contributed by atoms with Gasteiger partial charge in [-0.3, -0.25) is 4.79 Å². The van der Waals surface area contributed by atoms with Crippen molar-refractivity contribution in [2.75, 3.05) is 13.1 Å². The molecule has 1 aromatic rings. The highest BCUT2D eigenvalue weighted by atomic mass is 19.1. The van der Waals surface area contributed by atoms with Gasteiger partial charge in [0.2, 0.25) is 5.91 Å². The van der Waals surface area contributed by atoms with Crippen molar-refractivity contribution < 1.29 is 9.18 Å². The maximum absolute atomic E-state index is 13.6. The van der Waals surface area contributed by atoms with E-state index >= 15 is 0 Å². The van der Waals surface area contributed by atoms with Crippen LogP contribution in [0.3, 0.4) is 0 Å². The van der Waals surface area contributed by atoms with Crippen molar-refractivity contribution in [3.8, 4) is 0 Å². The van der Waals surface area contributed by atoms with E-state index < -0.39 is 0 Å². The molecule has 1 amide bonds. The van der Waals surface area contributed by atoms with Gasteiger partial charge in [-0.15, -0.1) is 0 Å². The zero-order valence-electron chi connectivity index (χ0n) is 11.3. The fraction of sp³-hybridized carbons (Fsp3) is 0.533. The molecule has 0 aromatic heterocycles. The molecule has 1 aliphatic carbocycles. The molecule has 0 unspecified atom stereocenters. The van der Waals surface area contributed by atoms with Gasteiger partial charge in [-0.05, 0) is 36.8 Å². The Bertz CT molecular complexity index is 430.